The second-order valence-corrected chi connectivity index (χ2v) is 5.38. The second kappa shape index (κ2) is 5.38. The van der Waals surface area contributed by atoms with Crippen LogP contribution in [0.2, 0.25) is 5.02 Å². The minimum atomic E-state index is 0.0555. The van der Waals surface area contributed by atoms with E-state index in [0.29, 0.717) is 16.6 Å². The highest BCUT2D eigenvalue weighted by molar-refractivity contribution is 6.30. The molecule has 3 rings (SSSR count). The molecule has 5 heteroatoms. The minimum absolute atomic E-state index is 0.0555. The lowest BCUT2D eigenvalue weighted by Crippen LogP contribution is -2.19. The molecule has 1 aliphatic rings. The van der Waals surface area contributed by atoms with Crippen LogP contribution < -0.4 is 10.5 Å². The van der Waals surface area contributed by atoms with E-state index in [1.165, 1.54) is 0 Å². The van der Waals surface area contributed by atoms with Gasteiger partial charge in [0.05, 0.1) is 12.7 Å². The summed E-state index contributed by atoms with van der Waals surface area (Å²) < 4.78 is 5.36. The summed E-state index contributed by atoms with van der Waals surface area (Å²) in [5.41, 5.74) is 9.04. The zero-order chi connectivity index (χ0) is 14.1. The van der Waals surface area contributed by atoms with E-state index in [9.17, 15) is 0 Å². The Labute approximate surface area is 123 Å². The molecule has 0 spiro atoms. The second-order valence-electron chi connectivity index (χ2n) is 4.94. The number of fused-ring (bicyclic) bond motifs is 1. The van der Waals surface area contributed by atoms with Gasteiger partial charge in [0.15, 0.2) is 5.82 Å². The number of benzene rings is 1. The first kappa shape index (κ1) is 13.3. The Morgan fingerprint density at radius 1 is 1.40 bits per heavy atom. The fourth-order valence-electron chi connectivity index (χ4n) is 2.56. The van der Waals surface area contributed by atoms with Gasteiger partial charge in [-0.15, -0.1) is 0 Å². The van der Waals surface area contributed by atoms with E-state index in [1.807, 2.05) is 18.3 Å². The number of hydrogen-bond acceptors (Lipinski definition) is 4. The third-order valence-electron chi connectivity index (χ3n) is 3.63. The van der Waals surface area contributed by atoms with E-state index in [4.69, 9.17) is 22.1 Å². The maximum atomic E-state index is 6.09. The number of aryl methyl sites for hydroxylation is 1. The number of hydrogen-bond donors (Lipinski definition) is 1. The molecule has 4 nitrogen and oxygen atoms in total. The van der Waals surface area contributed by atoms with E-state index in [-0.39, 0.29) is 6.04 Å². The molecule has 2 N–H and O–H groups in total. The molecule has 104 valence electrons. The zero-order valence-corrected chi connectivity index (χ0v) is 12.0. The average molecular weight is 290 g/mol. The summed E-state index contributed by atoms with van der Waals surface area (Å²) in [6.45, 7) is 0. The SMILES string of the molecule is COc1cc(Cl)ccc1-c1ncc2c(n1)CCCC2N. The lowest BCUT2D eigenvalue weighted by Gasteiger charge is -2.21. The summed E-state index contributed by atoms with van der Waals surface area (Å²) in [7, 11) is 1.61. The summed E-state index contributed by atoms with van der Waals surface area (Å²) in [4.78, 5) is 9.09. The Morgan fingerprint density at radius 2 is 2.25 bits per heavy atom. The van der Waals surface area contributed by atoms with Crippen LogP contribution in [-0.2, 0) is 6.42 Å². The van der Waals surface area contributed by atoms with Crippen molar-refractivity contribution in [1.29, 1.82) is 0 Å². The summed E-state index contributed by atoms with van der Waals surface area (Å²) in [6.07, 6.45) is 4.87. The van der Waals surface area contributed by atoms with Crippen LogP contribution >= 0.6 is 11.6 Å². The molecule has 1 unspecified atom stereocenters. The van der Waals surface area contributed by atoms with Gasteiger partial charge >= 0.3 is 0 Å². The Balaban J connectivity index is 2.07. The average Bonchev–Trinajstić information content (AvgIpc) is 2.47. The highest BCUT2D eigenvalue weighted by atomic mass is 35.5. The van der Waals surface area contributed by atoms with Crippen LogP contribution in [0.5, 0.6) is 5.75 Å². The molecule has 20 heavy (non-hydrogen) atoms. The minimum Gasteiger partial charge on any atom is -0.496 e. The topological polar surface area (TPSA) is 61.0 Å². The van der Waals surface area contributed by atoms with E-state index < -0.39 is 0 Å². The molecule has 0 saturated carbocycles. The van der Waals surface area contributed by atoms with Crippen molar-refractivity contribution >= 4 is 11.6 Å². The molecular formula is C15H16ClN3O. The standard InChI is InChI=1S/C15H16ClN3O/c1-20-14-7-9(16)5-6-10(14)15-18-8-11-12(17)3-2-4-13(11)19-15/h5-8,12H,2-4,17H2,1H3. The molecular weight excluding hydrogens is 274 g/mol. The van der Waals surface area contributed by atoms with Gasteiger partial charge in [-0.05, 0) is 37.5 Å². The van der Waals surface area contributed by atoms with Crippen LogP contribution in [-0.4, -0.2) is 17.1 Å². The van der Waals surface area contributed by atoms with Crippen molar-refractivity contribution < 1.29 is 4.74 Å². The van der Waals surface area contributed by atoms with Gasteiger partial charge in [-0.2, -0.15) is 0 Å². The van der Waals surface area contributed by atoms with E-state index in [1.54, 1.807) is 13.2 Å². The van der Waals surface area contributed by atoms with E-state index in [2.05, 4.69) is 9.97 Å². The molecule has 0 fully saturated rings. The van der Waals surface area contributed by atoms with Gasteiger partial charge in [0.25, 0.3) is 0 Å². The monoisotopic (exact) mass is 289 g/mol. The maximum absolute atomic E-state index is 6.09. The fourth-order valence-corrected chi connectivity index (χ4v) is 2.72. The van der Waals surface area contributed by atoms with Crippen molar-refractivity contribution in [3.8, 4) is 17.1 Å². The van der Waals surface area contributed by atoms with Gasteiger partial charge in [-0.1, -0.05) is 11.6 Å². The quantitative estimate of drug-likeness (QED) is 0.922. The maximum Gasteiger partial charge on any atom is 0.163 e. The van der Waals surface area contributed by atoms with Gasteiger partial charge in [-0.25, -0.2) is 9.97 Å². The number of nitrogens with zero attached hydrogens (tertiary/aromatic N) is 2. The van der Waals surface area contributed by atoms with Gasteiger partial charge < -0.3 is 10.5 Å². The molecule has 1 aromatic heterocycles. The predicted molar refractivity (Wildman–Crippen MR) is 78.9 cm³/mol. The summed E-state index contributed by atoms with van der Waals surface area (Å²) in [5, 5.41) is 0.630. The van der Waals surface area contributed by atoms with Gasteiger partial charge in [0.2, 0.25) is 0 Å². The third-order valence-corrected chi connectivity index (χ3v) is 3.87. The van der Waals surface area contributed by atoms with Gasteiger partial charge in [-0.3, -0.25) is 0 Å². The van der Waals surface area contributed by atoms with Crippen LogP contribution in [0, 0.1) is 0 Å². The molecule has 1 aromatic carbocycles. The first-order chi connectivity index (χ1) is 9.69. The van der Waals surface area contributed by atoms with E-state index in [0.717, 1.165) is 36.1 Å². The lowest BCUT2D eigenvalue weighted by molar-refractivity contribution is 0.416. The summed E-state index contributed by atoms with van der Waals surface area (Å²) in [5.74, 6) is 1.34. The molecule has 0 radical (unpaired) electrons. The third kappa shape index (κ3) is 2.37. The number of aromatic nitrogens is 2. The van der Waals surface area contributed by atoms with Crippen molar-refractivity contribution in [2.45, 2.75) is 25.3 Å². The van der Waals surface area contributed by atoms with Crippen molar-refractivity contribution in [2.24, 2.45) is 5.73 Å². The van der Waals surface area contributed by atoms with Crippen LogP contribution in [0.3, 0.4) is 0 Å². The number of rotatable bonds is 2. The number of ether oxygens (including phenoxy) is 1. The van der Waals surface area contributed by atoms with Crippen LogP contribution in [0.1, 0.15) is 30.1 Å². The molecule has 0 aliphatic heterocycles. The van der Waals surface area contributed by atoms with Gasteiger partial charge in [0, 0.05) is 28.5 Å². The highest BCUT2D eigenvalue weighted by Crippen LogP contribution is 2.32. The van der Waals surface area contributed by atoms with Crippen LogP contribution in [0.15, 0.2) is 24.4 Å². The first-order valence-electron chi connectivity index (χ1n) is 6.64. The number of nitrogens with two attached hydrogens (primary N) is 1. The molecule has 0 amide bonds. The molecule has 0 saturated heterocycles. The molecule has 2 aromatic rings. The van der Waals surface area contributed by atoms with Crippen molar-refractivity contribution in [1.82, 2.24) is 9.97 Å². The normalized spacial score (nSPS) is 17.6. The van der Waals surface area contributed by atoms with Crippen molar-refractivity contribution in [3.05, 3.63) is 40.7 Å². The Hall–Kier alpha value is -1.65. The largest absolute Gasteiger partial charge is 0.496 e. The Morgan fingerprint density at radius 3 is 3.05 bits per heavy atom. The molecule has 1 heterocycles. The van der Waals surface area contributed by atoms with Crippen LogP contribution in [0.4, 0.5) is 0 Å². The van der Waals surface area contributed by atoms with Crippen molar-refractivity contribution in [3.63, 3.8) is 0 Å². The Kier molecular flexibility index (Phi) is 3.59. The summed E-state index contributed by atoms with van der Waals surface area (Å²) >= 11 is 5.98. The number of methoxy groups -OCH3 is 1. The Bertz CT molecular complexity index is 645. The molecule has 1 atom stereocenters. The lowest BCUT2D eigenvalue weighted by atomic mass is 9.93. The smallest absolute Gasteiger partial charge is 0.163 e. The summed E-state index contributed by atoms with van der Waals surface area (Å²) in [6, 6.07) is 5.52. The molecule has 0 bridgehead atoms. The highest BCUT2D eigenvalue weighted by Gasteiger charge is 2.20. The first-order valence-corrected chi connectivity index (χ1v) is 7.02. The van der Waals surface area contributed by atoms with Gasteiger partial charge in [0.1, 0.15) is 5.75 Å². The molecule has 1 aliphatic carbocycles. The fraction of sp³-hybridized carbons (Fsp3) is 0.333. The predicted octanol–water partition coefficient (Wildman–Crippen LogP) is 3.14. The van der Waals surface area contributed by atoms with E-state index >= 15 is 0 Å². The zero-order valence-electron chi connectivity index (χ0n) is 11.3. The van der Waals surface area contributed by atoms with Crippen LogP contribution in [0.25, 0.3) is 11.4 Å². The number of halogens is 1. The van der Waals surface area contributed by atoms with Crippen molar-refractivity contribution in [2.75, 3.05) is 7.11 Å².